The minimum atomic E-state index is -0.322. The number of nitrogens with zero attached hydrogens (tertiary/aromatic N) is 1. The maximum absolute atomic E-state index is 12.3. The molecule has 0 saturated heterocycles. The first-order chi connectivity index (χ1) is 13.2. The van der Waals surface area contributed by atoms with Crippen molar-refractivity contribution in [2.24, 2.45) is 0 Å². The molecule has 27 heavy (non-hydrogen) atoms. The molecule has 0 aliphatic carbocycles. The van der Waals surface area contributed by atoms with Crippen LogP contribution in [-0.4, -0.2) is 18.1 Å². The van der Waals surface area contributed by atoms with Crippen molar-refractivity contribution in [1.82, 2.24) is 4.98 Å². The maximum atomic E-state index is 12.3. The summed E-state index contributed by atoms with van der Waals surface area (Å²) in [6.07, 6.45) is 0.138. The minimum absolute atomic E-state index is 0.138. The number of thiazole rings is 1. The van der Waals surface area contributed by atoms with Gasteiger partial charge in [-0.3, -0.25) is 4.79 Å². The Morgan fingerprint density at radius 2 is 1.70 bits per heavy atom. The van der Waals surface area contributed by atoms with Crippen LogP contribution in [0, 0.1) is 0 Å². The highest BCUT2D eigenvalue weighted by Gasteiger charge is 2.11. The van der Waals surface area contributed by atoms with Gasteiger partial charge >= 0.3 is 5.97 Å². The first-order valence-electron chi connectivity index (χ1n) is 8.49. The number of methoxy groups -OCH3 is 1. The predicted octanol–water partition coefficient (Wildman–Crippen LogP) is 5.12. The zero-order valence-corrected chi connectivity index (χ0v) is 15.5. The van der Waals surface area contributed by atoms with Gasteiger partial charge in [-0.25, -0.2) is 4.98 Å². The maximum Gasteiger partial charge on any atom is 0.317 e. The fourth-order valence-electron chi connectivity index (χ4n) is 2.80. The summed E-state index contributed by atoms with van der Waals surface area (Å²) in [5.41, 5.74) is 1.70. The van der Waals surface area contributed by atoms with Crippen molar-refractivity contribution in [3.05, 3.63) is 77.8 Å². The number of hydrogen-bond donors (Lipinski definition) is 0. The van der Waals surface area contributed by atoms with Gasteiger partial charge in [-0.05, 0) is 47.2 Å². The van der Waals surface area contributed by atoms with Gasteiger partial charge in [0.15, 0.2) is 0 Å². The van der Waals surface area contributed by atoms with E-state index in [1.807, 2.05) is 72.1 Å². The van der Waals surface area contributed by atoms with Gasteiger partial charge in [0.05, 0.1) is 19.2 Å². The highest BCUT2D eigenvalue weighted by atomic mass is 32.1. The van der Waals surface area contributed by atoms with Crippen molar-refractivity contribution in [1.29, 1.82) is 0 Å². The van der Waals surface area contributed by atoms with Crippen molar-refractivity contribution >= 4 is 28.1 Å². The van der Waals surface area contributed by atoms with Crippen LogP contribution < -0.4 is 9.47 Å². The molecule has 0 N–H and O–H groups in total. The van der Waals surface area contributed by atoms with Crippen LogP contribution in [0.3, 0.4) is 0 Å². The summed E-state index contributed by atoms with van der Waals surface area (Å²) < 4.78 is 10.6. The molecule has 3 aromatic carbocycles. The van der Waals surface area contributed by atoms with Crippen molar-refractivity contribution in [2.45, 2.75) is 6.42 Å². The molecule has 1 heterocycles. The zero-order valence-electron chi connectivity index (χ0n) is 14.7. The predicted molar refractivity (Wildman–Crippen MR) is 107 cm³/mol. The number of benzene rings is 3. The Hall–Kier alpha value is -3.18. The molecule has 4 aromatic rings. The summed E-state index contributed by atoms with van der Waals surface area (Å²) in [7, 11) is 1.64. The van der Waals surface area contributed by atoms with E-state index < -0.39 is 0 Å². The van der Waals surface area contributed by atoms with Gasteiger partial charge < -0.3 is 9.47 Å². The summed E-state index contributed by atoms with van der Waals surface area (Å²) in [5, 5.41) is 4.91. The Morgan fingerprint density at radius 1 is 0.963 bits per heavy atom. The molecule has 4 nitrogen and oxygen atoms in total. The van der Waals surface area contributed by atoms with Crippen LogP contribution in [0.4, 0.5) is 0 Å². The quantitative estimate of drug-likeness (QED) is 0.359. The normalized spacial score (nSPS) is 10.7. The van der Waals surface area contributed by atoms with Crippen LogP contribution in [0.2, 0.25) is 0 Å². The molecule has 0 bridgehead atoms. The Morgan fingerprint density at radius 3 is 2.48 bits per heavy atom. The number of carbonyl (C=O) groups excluding carboxylic acids is 1. The third-order valence-electron chi connectivity index (χ3n) is 4.17. The van der Waals surface area contributed by atoms with E-state index in [1.165, 1.54) is 11.3 Å². The van der Waals surface area contributed by atoms with Crippen LogP contribution >= 0.6 is 11.3 Å². The standard InChI is InChI=1S/C22H17NO3S/c1-25-19-9-7-16(8-10-19)22-23-18(14-27-22)13-21(24)26-20-11-6-15-4-2-3-5-17(15)12-20/h2-12,14H,13H2,1H3. The molecule has 1 aromatic heterocycles. The van der Waals surface area contributed by atoms with E-state index in [0.717, 1.165) is 27.1 Å². The number of hydrogen-bond acceptors (Lipinski definition) is 5. The smallest absolute Gasteiger partial charge is 0.317 e. The number of aromatic nitrogens is 1. The average Bonchev–Trinajstić information content (AvgIpc) is 3.16. The summed E-state index contributed by atoms with van der Waals surface area (Å²) in [6.45, 7) is 0. The first-order valence-corrected chi connectivity index (χ1v) is 9.37. The molecule has 4 rings (SSSR count). The molecular formula is C22H17NO3S. The third-order valence-corrected chi connectivity index (χ3v) is 5.11. The van der Waals surface area contributed by atoms with Gasteiger partial charge in [0.2, 0.25) is 0 Å². The number of ether oxygens (including phenoxy) is 2. The van der Waals surface area contributed by atoms with E-state index in [1.54, 1.807) is 7.11 Å². The minimum Gasteiger partial charge on any atom is -0.497 e. The van der Waals surface area contributed by atoms with E-state index in [9.17, 15) is 4.79 Å². The number of esters is 1. The van der Waals surface area contributed by atoms with E-state index >= 15 is 0 Å². The lowest BCUT2D eigenvalue weighted by Gasteiger charge is -2.05. The van der Waals surface area contributed by atoms with E-state index in [2.05, 4.69) is 4.98 Å². The molecule has 0 atom stereocenters. The van der Waals surface area contributed by atoms with Gasteiger partial charge in [-0.1, -0.05) is 30.3 Å². The molecule has 0 amide bonds. The Bertz CT molecular complexity index is 1090. The van der Waals surface area contributed by atoms with Gasteiger partial charge in [-0.2, -0.15) is 0 Å². The lowest BCUT2D eigenvalue weighted by Crippen LogP contribution is -2.11. The monoisotopic (exact) mass is 375 g/mol. The average molecular weight is 375 g/mol. The van der Waals surface area contributed by atoms with Gasteiger partial charge in [0.1, 0.15) is 16.5 Å². The van der Waals surface area contributed by atoms with E-state index in [0.29, 0.717) is 11.4 Å². The highest BCUT2D eigenvalue weighted by molar-refractivity contribution is 7.13. The van der Waals surface area contributed by atoms with Crippen molar-refractivity contribution in [3.63, 3.8) is 0 Å². The summed E-state index contributed by atoms with van der Waals surface area (Å²) in [4.78, 5) is 16.8. The zero-order chi connectivity index (χ0) is 18.6. The lowest BCUT2D eigenvalue weighted by atomic mass is 10.1. The number of carbonyl (C=O) groups is 1. The second kappa shape index (κ2) is 7.60. The van der Waals surface area contributed by atoms with Crippen LogP contribution in [0.1, 0.15) is 5.69 Å². The largest absolute Gasteiger partial charge is 0.497 e. The fourth-order valence-corrected chi connectivity index (χ4v) is 3.63. The Labute approximate surface area is 161 Å². The molecule has 134 valence electrons. The van der Waals surface area contributed by atoms with Crippen LogP contribution in [0.5, 0.6) is 11.5 Å². The van der Waals surface area contributed by atoms with Crippen molar-refractivity contribution < 1.29 is 14.3 Å². The Balaban J connectivity index is 1.43. The van der Waals surface area contributed by atoms with Crippen LogP contribution in [-0.2, 0) is 11.2 Å². The SMILES string of the molecule is COc1ccc(-c2nc(CC(=O)Oc3ccc4ccccc4c3)cs2)cc1. The highest BCUT2D eigenvalue weighted by Crippen LogP contribution is 2.26. The van der Waals surface area contributed by atoms with Gasteiger partial charge in [-0.15, -0.1) is 11.3 Å². The second-order valence-electron chi connectivity index (χ2n) is 6.03. The van der Waals surface area contributed by atoms with Crippen molar-refractivity contribution in [2.75, 3.05) is 7.11 Å². The van der Waals surface area contributed by atoms with Crippen LogP contribution in [0.15, 0.2) is 72.1 Å². The van der Waals surface area contributed by atoms with Crippen molar-refractivity contribution in [3.8, 4) is 22.1 Å². The molecule has 0 radical (unpaired) electrons. The van der Waals surface area contributed by atoms with E-state index in [-0.39, 0.29) is 12.4 Å². The van der Waals surface area contributed by atoms with E-state index in [4.69, 9.17) is 9.47 Å². The summed E-state index contributed by atoms with van der Waals surface area (Å²) in [6, 6.07) is 21.3. The molecule has 0 spiro atoms. The first kappa shape index (κ1) is 17.2. The number of rotatable bonds is 5. The fraction of sp³-hybridized carbons (Fsp3) is 0.0909. The van der Waals surface area contributed by atoms with Crippen LogP contribution in [0.25, 0.3) is 21.3 Å². The molecule has 0 fully saturated rings. The molecule has 0 unspecified atom stereocenters. The Kier molecular flexibility index (Phi) is 4.85. The van der Waals surface area contributed by atoms with Gasteiger partial charge in [0, 0.05) is 10.9 Å². The second-order valence-corrected chi connectivity index (χ2v) is 6.89. The molecular weight excluding hydrogens is 358 g/mol. The summed E-state index contributed by atoms with van der Waals surface area (Å²) >= 11 is 1.51. The summed E-state index contributed by atoms with van der Waals surface area (Å²) in [5.74, 6) is 1.02. The molecule has 5 heteroatoms. The molecule has 0 saturated carbocycles. The molecule has 0 aliphatic heterocycles. The molecule has 0 aliphatic rings. The third kappa shape index (κ3) is 3.99. The topological polar surface area (TPSA) is 48.4 Å². The van der Waals surface area contributed by atoms with Gasteiger partial charge in [0.25, 0.3) is 0 Å². The number of fused-ring (bicyclic) bond motifs is 1. The lowest BCUT2D eigenvalue weighted by molar-refractivity contribution is -0.133.